The van der Waals surface area contributed by atoms with Crippen molar-refractivity contribution >= 4 is 22.8 Å². The molecule has 1 amide bonds. The van der Waals surface area contributed by atoms with Crippen LogP contribution in [0.1, 0.15) is 6.42 Å². The van der Waals surface area contributed by atoms with Gasteiger partial charge in [-0.1, -0.05) is 0 Å². The van der Waals surface area contributed by atoms with Crippen LogP contribution in [0.4, 0.5) is 10.6 Å². The standard InChI is InChI=1S/C20H24N4O4/c1-21-19-12-15(5-7-23-19)28-18-11-14-6-8-24(20(25)22-2)16(14)13-17(18)27-10-4-9-26-3/h5-8,11-13H,4,9-10H2,1-3H3,(H,21,23)(H,22,25). The minimum Gasteiger partial charge on any atom is -0.490 e. The largest absolute Gasteiger partial charge is 0.490 e. The molecule has 0 aliphatic rings. The second-order valence-electron chi connectivity index (χ2n) is 6.02. The molecule has 0 aliphatic carbocycles. The van der Waals surface area contributed by atoms with Gasteiger partial charge in [-0.2, -0.15) is 0 Å². The van der Waals surface area contributed by atoms with E-state index in [1.54, 1.807) is 45.7 Å². The van der Waals surface area contributed by atoms with E-state index in [0.29, 0.717) is 36.3 Å². The maximum Gasteiger partial charge on any atom is 0.325 e. The fourth-order valence-electron chi connectivity index (χ4n) is 2.76. The van der Waals surface area contributed by atoms with Crippen LogP contribution in [-0.2, 0) is 4.74 Å². The third-order valence-electron chi connectivity index (χ3n) is 4.15. The summed E-state index contributed by atoms with van der Waals surface area (Å²) >= 11 is 0. The van der Waals surface area contributed by atoms with Gasteiger partial charge in [0, 0.05) is 64.1 Å². The molecule has 2 heterocycles. The van der Waals surface area contributed by atoms with Gasteiger partial charge in [-0.05, 0) is 18.2 Å². The Labute approximate surface area is 163 Å². The predicted molar refractivity (Wildman–Crippen MR) is 108 cm³/mol. The predicted octanol–water partition coefficient (Wildman–Crippen LogP) is 3.47. The maximum atomic E-state index is 12.1. The number of nitrogens with zero attached hydrogens (tertiary/aromatic N) is 2. The lowest BCUT2D eigenvalue weighted by atomic mass is 10.2. The number of carbonyl (C=O) groups excluding carboxylic acids is 1. The van der Waals surface area contributed by atoms with Gasteiger partial charge in [0.1, 0.15) is 11.6 Å². The minimum absolute atomic E-state index is 0.221. The molecule has 28 heavy (non-hydrogen) atoms. The van der Waals surface area contributed by atoms with Crippen molar-refractivity contribution in [3.63, 3.8) is 0 Å². The van der Waals surface area contributed by atoms with Crippen molar-refractivity contribution in [3.8, 4) is 17.2 Å². The van der Waals surface area contributed by atoms with Crippen LogP contribution in [0, 0.1) is 0 Å². The molecule has 0 bridgehead atoms. The maximum absolute atomic E-state index is 12.1. The molecular formula is C20H24N4O4. The SMILES string of the molecule is CNC(=O)n1ccc2cc(Oc3ccnc(NC)c3)c(OCCCOC)cc21. The van der Waals surface area contributed by atoms with Gasteiger partial charge in [-0.3, -0.25) is 4.57 Å². The molecule has 0 atom stereocenters. The molecule has 0 fully saturated rings. The van der Waals surface area contributed by atoms with Gasteiger partial charge < -0.3 is 24.8 Å². The highest BCUT2D eigenvalue weighted by atomic mass is 16.5. The highest BCUT2D eigenvalue weighted by Crippen LogP contribution is 2.36. The Morgan fingerprint density at radius 3 is 2.75 bits per heavy atom. The van der Waals surface area contributed by atoms with Crippen molar-refractivity contribution in [1.82, 2.24) is 14.9 Å². The third-order valence-corrected chi connectivity index (χ3v) is 4.15. The van der Waals surface area contributed by atoms with Gasteiger partial charge in [0.15, 0.2) is 11.5 Å². The highest BCUT2D eigenvalue weighted by Gasteiger charge is 2.14. The summed E-state index contributed by atoms with van der Waals surface area (Å²) in [7, 11) is 5.04. The number of pyridine rings is 1. The van der Waals surface area contributed by atoms with Crippen LogP contribution in [0.3, 0.4) is 0 Å². The van der Waals surface area contributed by atoms with E-state index < -0.39 is 0 Å². The Kier molecular flexibility index (Phi) is 6.33. The smallest absolute Gasteiger partial charge is 0.325 e. The van der Waals surface area contributed by atoms with Crippen molar-refractivity contribution in [2.45, 2.75) is 6.42 Å². The first-order valence-electron chi connectivity index (χ1n) is 8.97. The van der Waals surface area contributed by atoms with E-state index in [2.05, 4.69) is 15.6 Å². The minimum atomic E-state index is -0.221. The number of amides is 1. The molecule has 0 saturated carbocycles. The lowest BCUT2D eigenvalue weighted by molar-refractivity contribution is 0.171. The topological polar surface area (TPSA) is 86.6 Å². The van der Waals surface area contributed by atoms with E-state index in [1.807, 2.05) is 18.2 Å². The number of carbonyl (C=O) groups is 1. The molecule has 0 spiro atoms. The number of nitrogens with one attached hydrogen (secondary N) is 2. The van der Waals surface area contributed by atoms with Crippen molar-refractivity contribution in [2.24, 2.45) is 0 Å². The van der Waals surface area contributed by atoms with E-state index >= 15 is 0 Å². The molecule has 8 heteroatoms. The average molecular weight is 384 g/mol. The normalized spacial score (nSPS) is 10.7. The quantitative estimate of drug-likeness (QED) is 0.578. The third kappa shape index (κ3) is 4.34. The first-order valence-corrected chi connectivity index (χ1v) is 8.97. The zero-order chi connectivity index (χ0) is 19.9. The first kappa shape index (κ1) is 19.5. The molecule has 148 valence electrons. The lowest BCUT2D eigenvalue weighted by Gasteiger charge is -2.14. The monoisotopic (exact) mass is 384 g/mol. The Hall–Kier alpha value is -3.26. The zero-order valence-electron chi connectivity index (χ0n) is 16.2. The van der Waals surface area contributed by atoms with Crippen LogP contribution in [0.5, 0.6) is 17.2 Å². The number of benzene rings is 1. The van der Waals surface area contributed by atoms with Gasteiger partial charge in [0.25, 0.3) is 0 Å². The Balaban J connectivity index is 1.96. The Morgan fingerprint density at radius 2 is 2.00 bits per heavy atom. The van der Waals surface area contributed by atoms with Crippen LogP contribution in [-0.4, -0.2) is 50.0 Å². The summed E-state index contributed by atoms with van der Waals surface area (Å²) in [6.45, 7) is 1.07. The van der Waals surface area contributed by atoms with Crippen LogP contribution in [0.15, 0.2) is 42.7 Å². The number of anilines is 1. The fourth-order valence-corrected chi connectivity index (χ4v) is 2.76. The van der Waals surface area contributed by atoms with E-state index in [0.717, 1.165) is 17.3 Å². The van der Waals surface area contributed by atoms with E-state index in [-0.39, 0.29) is 6.03 Å². The van der Waals surface area contributed by atoms with Crippen LogP contribution in [0.2, 0.25) is 0 Å². The average Bonchev–Trinajstić information content (AvgIpc) is 3.13. The van der Waals surface area contributed by atoms with Crippen molar-refractivity contribution in [3.05, 3.63) is 42.7 Å². The number of fused-ring (bicyclic) bond motifs is 1. The summed E-state index contributed by atoms with van der Waals surface area (Å²) in [5.41, 5.74) is 0.735. The van der Waals surface area contributed by atoms with Crippen LogP contribution in [0.25, 0.3) is 10.9 Å². The molecule has 3 aromatic rings. The number of hydrogen-bond donors (Lipinski definition) is 2. The molecule has 0 saturated heterocycles. The summed E-state index contributed by atoms with van der Waals surface area (Å²) in [6, 6.07) is 8.89. The second kappa shape index (κ2) is 9.09. The first-order chi connectivity index (χ1) is 13.7. The van der Waals surface area contributed by atoms with E-state index in [9.17, 15) is 4.79 Å². The van der Waals surface area contributed by atoms with Gasteiger partial charge in [0.05, 0.1) is 12.1 Å². The van der Waals surface area contributed by atoms with Gasteiger partial charge >= 0.3 is 6.03 Å². The molecule has 0 aliphatic heterocycles. The van der Waals surface area contributed by atoms with Gasteiger partial charge in [-0.15, -0.1) is 0 Å². The molecule has 0 unspecified atom stereocenters. The van der Waals surface area contributed by atoms with Crippen LogP contribution < -0.4 is 20.1 Å². The molecule has 3 rings (SSSR count). The number of ether oxygens (including phenoxy) is 3. The Morgan fingerprint density at radius 1 is 1.14 bits per heavy atom. The summed E-state index contributed by atoms with van der Waals surface area (Å²) in [6.07, 6.45) is 4.12. The van der Waals surface area contributed by atoms with Crippen LogP contribution >= 0.6 is 0 Å². The summed E-state index contributed by atoms with van der Waals surface area (Å²) in [4.78, 5) is 16.3. The number of methoxy groups -OCH3 is 1. The number of hydrogen-bond acceptors (Lipinski definition) is 6. The second-order valence-corrected chi connectivity index (χ2v) is 6.02. The van der Waals surface area contributed by atoms with E-state index in [1.165, 1.54) is 4.57 Å². The van der Waals surface area contributed by atoms with E-state index in [4.69, 9.17) is 14.2 Å². The Bertz CT molecular complexity index is 955. The zero-order valence-corrected chi connectivity index (χ0v) is 16.2. The molecule has 2 aromatic heterocycles. The van der Waals surface area contributed by atoms with Crippen molar-refractivity contribution in [2.75, 3.05) is 39.7 Å². The number of aromatic nitrogens is 2. The summed E-state index contributed by atoms with van der Waals surface area (Å²) in [5.74, 6) is 2.45. The number of rotatable bonds is 8. The fraction of sp³-hybridized carbons (Fsp3) is 0.300. The molecule has 8 nitrogen and oxygen atoms in total. The molecule has 2 N–H and O–H groups in total. The highest BCUT2D eigenvalue weighted by molar-refractivity contribution is 5.93. The summed E-state index contributed by atoms with van der Waals surface area (Å²) in [5, 5.41) is 6.48. The van der Waals surface area contributed by atoms with Crippen molar-refractivity contribution in [1.29, 1.82) is 0 Å². The molecular weight excluding hydrogens is 360 g/mol. The summed E-state index contributed by atoms with van der Waals surface area (Å²) < 4.78 is 18.6. The molecule has 0 radical (unpaired) electrons. The lowest BCUT2D eigenvalue weighted by Crippen LogP contribution is -2.23. The van der Waals surface area contributed by atoms with Gasteiger partial charge in [-0.25, -0.2) is 9.78 Å². The van der Waals surface area contributed by atoms with Crippen molar-refractivity contribution < 1.29 is 19.0 Å². The molecule has 1 aromatic carbocycles. The van der Waals surface area contributed by atoms with Gasteiger partial charge in [0.2, 0.25) is 0 Å².